The summed E-state index contributed by atoms with van der Waals surface area (Å²) in [6, 6.07) is 11.5. The lowest BCUT2D eigenvalue weighted by atomic mass is 9.68. The summed E-state index contributed by atoms with van der Waals surface area (Å²) < 4.78 is 47.4. The number of fused-ring (bicyclic) bond motifs is 4. The third-order valence-electron chi connectivity index (χ3n) is 10.5. The third-order valence-corrected chi connectivity index (χ3v) is 12.5. The van der Waals surface area contributed by atoms with E-state index in [9.17, 15) is 13.2 Å². The molecule has 2 aromatic rings. The van der Waals surface area contributed by atoms with E-state index in [1.54, 1.807) is 20.3 Å². The van der Waals surface area contributed by atoms with Gasteiger partial charge in [0.1, 0.15) is 5.75 Å². The maximum atomic E-state index is 13.6. The van der Waals surface area contributed by atoms with Crippen molar-refractivity contribution in [2.24, 2.45) is 17.8 Å². The van der Waals surface area contributed by atoms with Gasteiger partial charge >= 0.3 is 0 Å². The van der Waals surface area contributed by atoms with Crippen LogP contribution in [-0.2, 0) is 31.3 Å². The normalized spacial score (nSPS) is 31.9. The Hall–Kier alpha value is -2.59. The van der Waals surface area contributed by atoms with Crippen LogP contribution in [-0.4, -0.2) is 66.2 Å². The molecule has 2 aromatic carbocycles. The molecule has 1 spiro atoms. The van der Waals surface area contributed by atoms with Gasteiger partial charge in [0.2, 0.25) is 10.0 Å². The summed E-state index contributed by atoms with van der Waals surface area (Å²) in [5.74, 6) is 0.779. The topological polar surface area (TPSA) is 94.2 Å². The van der Waals surface area contributed by atoms with Crippen LogP contribution in [0, 0.1) is 17.8 Å². The maximum Gasteiger partial charge on any atom is 0.264 e. The number of methoxy groups -OCH3 is 2. The average molecular weight is 657 g/mol. The van der Waals surface area contributed by atoms with E-state index in [1.807, 2.05) is 25.1 Å². The van der Waals surface area contributed by atoms with Crippen LogP contribution >= 0.6 is 11.6 Å². The molecule has 2 heterocycles. The molecule has 0 saturated heterocycles. The number of amides is 1. The van der Waals surface area contributed by atoms with Crippen LogP contribution in [0.5, 0.6) is 5.75 Å². The minimum atomic E-state index is -3.98. The molecule has 4 aliphatic rings. The van der Waals surface area contributed by atoms with Gasteiger partial charge in [0, 0.05) is 49.9 Å². The first-order chi connectivity index (χ1) is 21.6. The summed E-state index contributed by atoms with van der Waals surface area (Å²) in [6.45, 7) is 4.32. The second-order valence-electron chi connectivity index (χ2n) is 13.5. The largest absolute Gasteiger partial charge is 0.490 e. The number of anilines is 1. The predicted molar refractivity (Wildman–Crippen MR) is 177 cm³/mol. The van der Waals surface area contributed by atoms with Gasteiger partial charge in [0.25, 0.3) is 5.91 Å². The number of allylic oxidation sites excluding steroid dienone is 1. The Balaban J connectivity index is 1.42. The third kappa shape index (κ3) is 6.64. The number of carbonyl (C=O) groups excluding carboxylic acids is 1. The van der Waals surface area contributed by atoms with Crippen LogP contribution in [0.4, 0.5) is 5.69 Å². The maximum absolute atomic E-state index is 13.6. The van der Waals surface area contributed by atoms with E-state index in [1.165, 1.54) is 11.1 Å². The molecule has 2 aliphatic carbocycles. The van der Waals surface area contributed by atoms with Gasteiger partial charge in [-0.3, -0.25) is 4.79 Å². The van der Waals surface area contributed by atoms with Crippen molar-refractivity contribution in [1.82, 2.24) is 4.72 Å². The number of benzene rings is 2. The Bertz CT molecular complexity index is 1550. The predicted octanol–water partition coefficient (Wildman–Crippen LogP) is 5.92. The second-order valence-corrected chi connectivity index (χ2v) is 15.9. The molecule has 45 heavy (non-hydrogen) atoms. The quantitative estimate of drug-likeness (QED) is 0.409. The number of aryl methyl sites for hydroxylation is 1. The molecule has 2 aliphatic heterocycles. The molecule has 1 saturated carbocycles. The van der Waals surface area contributed by atoms with Gasteiger partial charge in [0.15, 0.2) is 0 Å². The smallest absolute Gasteiger partial charge is 0.264 e. The molecule has 0 aromatic heterocycles. The molecule has 1 fully saturated rings. The molecule has 10 heteroatoms. The number of hydrogen-bond donors (Lipinski definition) is 1. The van der Waals surface area contributed by atoms with Crippen molar-refractivity contribution in [3.8, 4) is 5.75 Å². The molecule has 6 atom stereocenters. The molecular formula is C35H45ClN2O6S. The summed E-state index contributed by atoms with van der Waals surface area (Å²) in [6.07, 6.45) is 9.96. The van der Waals surface area contributed by atoms with Crippen molar-refractivity contribution < 1.29 is 27.4 Å². The zero-order chi connectivity index (χ0) is 31.8. The van der Waals surface area contributed by atoms with Gasteiger partial charge < -0.3 is 19.1 Å². The van der Waals surface area contributed by atoms with Gasteiger partial charge in [-0.2, -0.15) is 0 Å². The highest BCUT2D eigenvalue weighted by atomic mass is 35.5. The van der Waals surface area contributed by atoms with Crippen LogP contribution in [0.25, 0.3) is 0 Å². The first-order valence-corrected chi connectivity index (χ1v) is 18.1. The van der Waals surface area contributed by atoms with Crippen LogP contribution in [0.3, 0.4) is 0 Å². The standard InChI is InChI=1S/C35H45ClN2O6S/c1-23-6-12-32(43-3)29-10-7-26(29)20-38-21-35(15-4-5-24-18-27(36)9-11-30(24)35)22-44-33-13-8-25(19-31(33)38)34(39)37-45(40,41)28(17-23)14-16-42-2/h6,8-9,11-13,18-19,23,26,28-29,32H,4-5,7,10,14-17,20-22H2,1-3H3,(H,37,39)/b12-6-/t23-,26+,28-,29-,32+,35+/m1/s1. The van der Waals surface area contributed by atoms with Gasteiger partial charge in [-0.05, 0) is 104 Å². The first-order valence-electron chi connectivity index (χ1n) is 16.2. The minimum Gasteiger partial charge on any atom is -0.490 e. The lowest BCUT2D eigenvalue weighted by molar-refractivity contribution is 0.0130. The zero-order valence-corrected chi connectivity index (χ0v) is 28.0. The molecule has 244 valence electrons. The van der Waals surface area contributed by atoms with Crippen molar-refractivity contribution in [2.75, 3.05) is 45.4 Å². The van der Waals surface area contributed by atoms with E-state index in [-0.39, 0.29) is 30.5 Å². The Morgan fingerprint density at radius 3 is 2.73 bits per heavy atom. The van der Waals surface area contributed by atoms with E-state index in [0.29, 0.717) is 36.2 Å². The minimum absolute atomic E-state index is 0.0315. The number of halogens is 1. The molecule has 2 bridgehead atoms. The van der Waals surface area contributed by atoms with Gasteiger partial charge in [-0.1, -0.05) is 36.7 Å². The van der Waals surface area contributed by atoms with Crippen LogP contribution in [0.2, 0.25) is 5.02 Å². The number of carbonyl (C=O) groups is 1. The highest BCUT2D eigenvalue weighted by Gasteiger charge is 2.44. The number of hydrogen-bond acceptors (Lipinski definition) is 7. The van der Waals surface area contributed by atoms with E-state index >= 15 is 0 Å². The number of nitrogens with zero attached hydrogens (tertiary/aromatic N) is 1. The highest BCUT2D eigenvalue weighted by molar-refractivity contribution is 7.90. The SMILES string of the molecule is COCC[C@@H]1C[C@H](C)/C=C\[C@H](OC)[C@@H]2CC[C@H]2CN2C[C@@]3(CCCc4cc(Cl)ccc43)COc3ccc(cc32)C(=O)NS1(=O)=O. The molecule has 1 N–H and O–H groups in total. The van der Waals surface area contributed by atoms with Crippen LogP contribution in [0.1, 0.15) is 66.9 Å². The lowest BCUT2D eigenvalue weighted by Gasteiger charge is -2.46. The second kappa shape index (κ2) is 13.3. The molecule has 8 nitrogen and oxygen atoms in total. The van der Waals surface area contributed by atoms with Crippen molar-refractivity contribution in [3.63, 3.8) is 0 Å². The van der Waals surface area contributed by atoms with Crippen molar-refractivity contribution >= 4 is 33.2 Å². The van der Waals surface area contributed by atoms with Gasteiger partial charge in [0.05, 0.1) is 23.6 Å². The van der Waals surface area contributed by atoms with Crippen molar-refractivity contribution in [1.29, 1.82) is 0 Å². The van der Waals surface area contributed by atoms with Crippen molar-refractivity contribution in [2.45, 2.75) is 68.6 Å². The zero-order valence-electron chi connectivity index (χ0n) is 26.5. The van der Waals surface area contributed by atoms with Crippen LogP contribution < -0.4 is 14.4 Å². The lowest BCUT2D eigenvalue weighted by Crippen LogP contribution is -2.49. The highest BCUT2D eigenvalue weighted by Crippen LogP contribution is 2.47. The summed E-state index contributed by atoms with van der Waals surface area (Å²) in [4.78, 5) is 16.0. The fraction of sp³-hybridized carbons (Fsp3) is 0.571. The fourth-order valence-electron chi connectivity index (χ4n) is 7.90. The number of nitrogens with one attached hydrogen (secondary N) is 1. The Labute approximate surface area is 272 Å². The van der Waals surface area contributed by atoms with E-state index in [2.05, 4.69) is 33.9 Å². The molecular weight excluding hydrogens is 612 g/mol. The summed E-state index contributed by atoms with van der Waals surface area (Å²) in [7, 11) is -0.671. The number of sulfonamides is 1. The Morgan fingerprint density at radius 1 is 1.13 bits per heavy atom. The number of ether oxygens (including phenoxy) is 3. The summed E-state index contributed by atoms with van der Waals surface area (Å²) >= 11 is 6.42. The monoisotopic (exact) mass is 656 g/mol. The molecule has 0 unspecified atom stereocenters. The van der Waals surface area contributed by atoms with Crippen molar-refractivity contribution in [3.05, 3.63) is 70.3 Å². The summed E-state index contributed by atoms with van der Waals surface area (Å²) in [5.41, 5.74) is 3.42. The molecule has 0 radical (unpaired) electrons. The Morgan fingerprint density at radius 2 is 1.98 bits per heavy atom. The number of rotatable bonds is 4. The average Bonchev–Trinajstić information content (AvgIpc) is 3.15. The van der Waals surface area contributed by atoms with E-state index in [0.717, 1.165) is 55.9 Å². The Kier molecular flexibility index (Phi) is 9.53. The van der Waals surface area contributed by atoms with Gasteiger partial charge in [-0.25, -0.2) is 13.1 Å². The van der Waals surface area contributed by atoms with Crippen LogP contribution in [0.15, 0.2) is 48.6 Å². The molecule has 6 rings (SSSR count). The van der Waals surface area contributed by atoms with E-state index in [4.69, 9.17) is 25.8 Å². The van der Waals surface area contributed by atoms with Gasteiger partial charge in [-0.15, -0.1) is 0 Å². The first kappa shape index (κ1) is 32.4. The fourth-order valence-corrected chi connectivity index (χ4v) is 9.60. The van der Waals surface area contributed by atoms with E-state index < -0.39 is 21.2 Å². The molecule has 1 amide bonds. The summed E-state index contributed by atoms with van der Waals surface area (Å²) in [5, 5.41) is -0.0409.